The van der Waals surface area contributed by atoms with E-state index in [4.69, 9.17) is 10.9 Å². The number of nitrogens with two attached hydrogens (primary N) is 1. The topological polar surface area (TPSA) is 91.0 Å². The van der Waals surface area contributed by atoms with Crippen molar-refractivity contribution in [1.82, 2.24) is 10.2 Å². The summed E-state index contributed by atoms with van der Waals surface area (Å²) in [6.07, 6.45) is 1.12. The van der Waals surface area contributed by atoms with Crippen LogP contribution in [0.4, 0.5) is 0 Å². The van der Waals surface area contributed by atoms with Gasteiger partial charge in [-0.05, 0) is 32.4 Å². The molecule has 0 aliphatic carbocycles. The van der Waals surface area contributed by atoms with Crippen molar-refractivity contribution in [3.63, 3.8) is 0 Å². The number of likely N-dealkylation sites (tertiary alicyclic amines) is 1. The van der Waals surface area contributed by atoms with Crippen molar-refractivity contribution in [1.29, 1.82) is 0 Å². The first-order valence-corrected chi connectivity index (χ1v) is 6.06. The molecule has 0 radical (unpaired) electrons. The Bertz CT molecular complexity index is 293. The molecule has 2 unspecified atom stereocenters. The second-order valence-electron chi connectivity index (χ2n) is 4.54. The van der Waals surface area contributed by atoms with E-state index >= 15 is 0 Å². The molecule has 1 heterocycles. The summed E-state index contributed by atoms with van der Waals surface area (Å²) in [5.74, 6) is -0.304. The van der Waals surface area contributed by atoms with Crippen LogP contribution in [0.1, 0.15) is 20.3 Å². The summed E-state index contributed by atoms with van der Waals surface area (Å²) >= 11 is 0. The smallest absolute Gasteiger partial charge is 0.230 e. The van der Waals surface area contributed by atoms with E-state index in [-0.39, 0.29) is 11.7 Å². The molecule has 6 nitrogen and oxygen atoms in total. The summed E-state index contributed by atoms with van der Waals surface area (Å²) in [4.78, 5) is 14.0. The summed E-state index contributed by atoms with van der Waals surface area (Å²) in [5, 5.41) is 14.2. The molecule has 2 atom stereocenters. The van der Waals surface area contributed by atoms with Crippen molar-refractivity contribution in [2.24, 2.45) is 22.7 Å². The maximum atomic E-state index is 11.7. The predicted octanol–water partition coefficient (Wildman–Crippen LogP) is -0.173. The van der Waals surface area contributed by atoms with Crippen LogP contribution in [0.3, 0.4) is 0 Å². The lowest BCUT2D eigenvalue weighted by Gasteiger charge is -2.15. The number of carbonyl (C=O) groups is 1. The lowest BCUT2D eigenvalue weighted by molar-refractivity contribution is -0.122. The molecule has 98 valence electrons. The van der Waals surface area contributed by atoms with Gasteiger partial charge >= 0.3 is 0 Å². The first kappa shape index (κ1) is 13.8. The van der Waals surface area contributed by atoms with Crippen molar-refractivity contribution in [3.05, 3.63) is 0 Å². The highest BCUT2D eigenvalue weighted by molar-refractivity contribution is 6.01. The van der Waals surface area contributed by atoms with Crippen LogP contribution >= 0.6 is 0 Å². The number of oxime groups is 1. The zero-order chi connectivity index (χ0) is 12.8. The van der Waals surface area contributed by atoms with E-state index in [0.29, 0.717) is 12.5 Å². The average Bonchev–Trinajstić information content (AvgIpc) is 2.81. The molecule has 0 aromatic heterocycles. The van der Waals surface area contributed by atoms with E-state index in [2.05, 4.69) is 22.3 Å². The molecule has 0 aromatic carbocycles. The third-order valence-electron chi connectivity index (χ3n) is 3.33. The molecule has 17 heavy (non-hydrogen) atoms. The Morgan fingerprint density at radius 3 is 2.94 bits per heavy atom. The first-order chi connectivity index (χ1) is 8.08. The van der Waals surface area contributed by atoms with Gasteiger partial charge in [-0.15, -0.1) is 0 Å². The number of carbonyl (C=O) groups excluding carboxylic acids is 1. The number of hydrogen-bond donors (Lipinski definition) is 3. The van der Waals surface area contributed by atoms with Crippen LogP contribution in [-0.4, -0.2) is 48.0 Å². The highest BCUT2D eigenvalue weighted by Gasteiger charge is 2.23. The zero-order valence-corrected chi connectivity index (χ0v) is 10.5. The van der Waals surface area contributed by atoms with Gasteiger partial charge in [-0.3, -0.25) is 4.79 Å². The van der Waals surface area contributed by atoms with E-state index in [1.807, 2.05) is 0 Å². The fraction of sp³-hybridized carbons (Fsp3) is 0.818. The Hall–Kier alpha value is -1.30. The van der Waals surface area contributed by atoms with Crippen LogP contribution in [0.2, 0.25) is 0 Å². The molecule has 1 rings (SSSR count). The molecule has 6 heteroatoms. The number of nitrogens with zero attached hydrogens (tertiary/aromatic N) is 2. The Labute approximate surface area is 102 Å². The lowest BCUT2D eigenvalue weighted by atomic mass is 10.1. The SMILES string of the molecule is CCN1CCC(CNC(=O)C(C)C(N)=NO)C1. The minimum absolute atomic E-state index is 0.0518. The van der Waals surface area contributed by atoms with Gasteiger partial charge in [0, 0.05) is 13.1 Å². The van der Waals surface area contributed by atoms with E-state index in [1.165, 1.54) is 0 Å². The van der Waals surface area contributed by atoms with E-state index < -0.39 is 5.92 Å². The average molecular weight is 242 g/mol. The Morgan fingerprint density at radius 1 is 1.71 bits per heavy atom. The molecule has 1 saturated heterocycles. The molecule has 1 amide bonds. The Kier molecular flexibility index (Phi) is 5.21. The predicted molar refractivity (Wildman–Crippen MR) is 65.8 cm³/mol. The largest absolute Gasteiger partial charge is 0.409 e. The van der Waals surface area contributed by atoms with E-state index in [1.54, 1.807) is 6.92 Å². The normalized spacial score (nSPS) is 23.6. The zero-order valence-electron chi connectivity index (χ0n) is 10.5. The Morgan fingerprint density at radius 2 is 2.41 bits per heavy atom. The summed E-state index contributed by atoms with van der Waals surface area (Å²) in [6, 6.07) is 0. The lowest BCUT2D eigenvalue weighted by Crippen LogP contribution is -2.39. The van der Waals surface area contributed by atoms with Gasteiger partial charge in [-0.2, -0.15) is 0 Å². The molecule has 0 aromatic rings. The second kappa shape index (κ2) is 6.44. The fourth-order valence-electron chi connectivity index (χ4n) is 1.99. The Balaban J connectivity index is 2.29. The van der Waals surface area contributed by atoms with E-state index in [0.717, 1.165) is 26.1 Å². The standard InChI is InChI=1S/C11H22N4O2/c1-3-15-5-4-9(7-15)6-13-11(16)8(2)10(12)14-17/h8-9,17H,3-7H2,1-2H3,(H2,12,14)(H,13,16). The molecule has 1 fully saturated rings. The summed E-state index contributed by atoms with van der Waals surface area (Å²) in [5.41, 5.74) is 5.38. The quantitative estimate of drug-likeness (QED) is 0.270. The third kappa shape index (κ3) is 3.89. The molecule has 0 saturated carbocycles. The molecule has 4 N–H and O–H groups in total. The maximum absolute atomic E-state index is 11.7. The van der Waals surface area contributed by atoms with Crippen LogP contribution in [0.5, 0.6) is 0 Å². The van der Waals surface area contributed by atoms with Crippen molar-refractivity contribution in [2.45, 2.75) is 20.3 Å². The van der Waals surface area contributed by atoms with Crippen molar-refractivity contribution >= 4 is 11.7 Å². The van der Waals surface area contributed by atoms with Crippen LogP contribution in [0.15, 0.2) is 5.16 Å². The van der Waals surface area contributed by atoms with Crippen molar-refractivity contribution < 1.29 is 10.0 Å². The van der Waals surface area contributed by atoms with Crippen LogP contribution in [-0.2, 0) is 4.79 Å². The van der Waals surface area contributed by atoms with Gasteiger partial charge in [0.25, 0.3) is 0 Å². The van der Waals surface area contributed by atoms with Crippen LogP contribution in [0, 0.1) is 11.8 Å². The van der Waals surface area contributed by atoms with Gasteiger partial charge < -0.3 is 21.2 Å². The minimum atomic E-state index is -0.580. The highest BCUT2D eigenvalue weighted by Crippen LogP contribution is 2.14. The van der Waals surface area contributed by atoms with Gasteiger partial charge in [0.1, 0.15) is 0 Å². The second-order valence-corrected chi connectivity index (χ2v) is 4.54. The van der Waals surface area contributed by atoms with Crippen molar-refractivity contribution in [2.75, 3.05) is 26.2 Å². The van der Waals surface area contributed by atoms with Crippen LogP contribution < -0.4 is 11.1 Å². The molecular formula is C11H22N4O2. The van der Waals surface area contributed by atoms with E-state index in [9.17, 15) is 4.79 Å². The molecule has 0 spiro atoms. The van der Waals surface area contributed by atoms with Crippen LogP contribution in [0.25, 0.3) is 0 Å². The molecular weight excluding hydrogens is 220 g/mol. The number of nitrogens with one attached hydrogen (secondary N) is 1. The summed E-state index contributed by atoms with van der Waals surface area (Å²) < 4.78 is 0. The van der Waals surface area contributed by atoms with Gasteiger partial charge in [0.2, 0.25) is 5.91 Å². The number of hydrogen-bond acceptors (Lipinski definition) is 4. The molecule has 0 bridgehead atoms. The highest BCUT2D eigenvalue weighted by atomic mass is 16.4. The summed E-state index contributed by atoms with van der Waals surface area (Å²) in [7, 11) is 0. The fourth-order valence-corrected chi connectivity index (χ4v) is 1.99. The first-order valence-electron chi connectivity index (χ1n) is 6.06. The monoisotopic (exact) mass is 242 g/mol. The van der Waals surface area contributed by atoms with Gasteiger partial charge in [0.05, 0.1) is 5.92 Å². The van der Waals surface area contributed by atoms with Gasteiger partial charge in [-0.25, -0.2) is 0 Å². The third-order valence-corrected chi connectivity index (χ3v) is 3.33. The number of amides is 1. The number of rotatable bonds is 5. The maximum Gasteiger partial charge on any atom is 0.230 e. The minimum Gasteiger partial charge on any atom is -0.409 e. The van der Waals surface area contributed by atoms with Gasteiger partial charge in [-0.1, -0.05) is 12.1 Å². The summed E-state index contributed by atoms with van der Waals surface area (Å²) in [6.45, 7) is 7.63. The van der Waals surface area contributed by atoms with Gasteiger partial charge in [0.15, 0.2) is 5.84 Å². The number of amidine groups is 1. The molecule has 1 aliphatic heterocycles. The van der Waals surface area contributed by atoms with Crippen molar-refractivity contribution in [3.8, 4) is 0 Å². The molecule has 1 aliphatic rings.